The van der Waals surface area contributed by atoms with Crippen LogP contribution >= 0.6 is 31.9 Å². The lowest BCUT2D eigenvalue weighted by Crippen LogP contribution is -2.41. The summed E-state index contributed by atoms with van der Waals surface area (Å²) in [6, 6.07) is 5.38. The number of halogens is 2. The highest BCUT2D eigenvalue weighted by Gasteiger charge is 2.46. The molecule has 1 saturated heterocycles. The van der Waals surface area contributed by atoms with Crippen LogP contribution in [0, 0.1) is 0 Å². The van der Waals surface area contributed by atoms with E-state index >= 15 is 0 Å². The predicted octanol–water partition coefficient (Wildman–Crippen LogP) is 3.52. The maximum Gasteiger partial charge on any atom is 0.335 e. The fraction of sp³-hybridized carbons (Fsp3) is 0.500. The van der Waals surface area contributed by atoms with E-state index in [9.17, 15) is 13.2 Å². The molecule has 6 nitrogen and oxygen atoms in total. The van der Waals surface area contributed by atoms with Crippen LogP contribution in [0.3, 0.4) is 0 Å². The zero-order chi connectivity index (χ0) is 19.7. The van der Waals surface area contributed by atoms with E-state index in [-0.39, 0.29) is 24.4 Å². The molecule has 1 fully saturated rings. The van der Waals surface area contributed by atoms with Crippen LogP contribution in [0.5, 0.6) is 0 Å². The molecule has 0 saturated carbocycles. The third kappa shape index (κ3) is 4.48. The average molecular weight is 524 g/mol. The Morgan fingerprint density at radius 2 is 1.89 bits per heavy atom. The topological polar surface area (TPSA) is 78.9 Å². The molecule has 0 amide bonds. The summed E-state index contributed by atoms with van der Waals surface area (Å²) in [5, 5.41) is -0.964. The van der Waals surface area contributed by atoms with E-state index in [2.05, 4.69) is 31.9 Å². The number of carbonyl (C=O) groups excluding carboxylic acids is 1. The molecule has 1 atom stereocenters. The van der Waals surface area contributed by atoms with E-state index in [1.54, 1.807) is 19.1 Å². The average Bonchev–Trinajstić information content (AvgIpc) is 3.06. The van der Waals surface area contributed by atoms with Gasteiger partial charge >= 0.3 is 5.97 Å². The molecule has 1 aliphatic heterocycles. The quantitative estimate of drug-likeness (QED) is 0.549. The van der Waals surface area contributed by atoms with Crippen LogP contribution in [-0.4, -0.2) is 45.2 Å². The highest BCUT2D eigenvalue weighted by atomic mass is 79.9. The van der Waals surface area contributed by atoms with Crippen LogP contribution < -0.4 is 0 Å². The maximum atomic E-state index is 13.2. The number of benzene rings is 1. The van der Waals surface area contributed by atoms with Gasteiger partial charge in [0.25, 0.3) is 0 Å². The van der Waals surface area contributed by atoms with Gasteiger partial charge in [0.1, 0.15) is 0 Å². The predicted molar refractivity (Wildman–Crippen MR) is 107 cm³/mol. The van der Waals surface area contributed by atoms with E-state index in [0.29, 0.717) is 34.1 Å². The second-order valence-electron chi connectivity index (χ2n) is 6.36. The van der Waals surface area contributed by atoms with Gasteiger partial charge in [-0.1, -0.05) is 37.9 Å². The number of hydrogen-bond acceptors (Lipinski definition) is 6. The maximum absolute atomic E-state index is 13.2. The number of carbonyl (C=O) groups is 1. The molecule has 9 heteroatoms. The van der Waals surface area contributed by atoms with E-state index in [1.165, 1.54) is 6.08 Å². The first-order chi connectivity index (χ1) is 12.8. The van der Waals surface area contributed by atoms with Crippen LogP contribution in [0.1, 0.15) is 25.3 Å². The molecule has 0 aromatic heterocycles. The first-order valence-electron chi connectivity index (χ1n) is 8.60. The summed E-state index contributed by atoms with van der Waals surface area (Å²) in [6.07, 6.45) is 2.10. The van der Waals surface area contributed by atoms with Gasteiger partial charge in [0, 0.05) is 15.4 Å². The molecule has 0 N–H and O–H groups in total. The van der Waals surface area contributed by atoms with Crippen LogP contribution in [0.15, 0.2) is 38.8 Å². The van der Waals surface area contributed by atoms with Gasteiger partial charge in [0.15, 0.2) is 15.6 Å². The molecule has 1 heterocycles. The van der Waals surface area contributed by atoms with Gasteiger partial charge in [-0.15, -0.1) is 0 Å². The van der Waals surface area contributed by atoms with Crippen LogP contribution in [0.2, 0.25) is 0 Å². The second-order valence-corrected chi connectivity index (χ2v) is 10.3. The molecule has 1 aromatic carbocycles. The van der Waals surface area contributed by atoms with Gasteiger partial charge in [-0.25, -0.2) is 13.2 Å². The van der Waals surface area contributed by atoms with Gasteiger partial charge in [0.05, 0.1) is 36.4 Å². The second kappa shape index (κ2) is 8.32. The lowest BCUT2D eigenvalue weighted by Gasteiger charge is -2.33. The van der Waals surface area contributed by atoms with E-state index < -0.39 is 26.8 Å². The van der Waals surface area contributed by atoms with Gasteiger partial charge in [-0.2, -0.15) is 0 Å². The fourth-order valence-electron chi connectivity index (χ4n) is 3.34. The minimum Gasteiger partial charge on any atom is -0.463 e. The number of hydrogen-bond donors (Lipinski definition) is 0. The molecule has 148 valence electrons. The van der Waals surface area contributed by atoms with E-state index in [0.717, 1.165) is 0 Å². The van der Waals surface area contributed by atoms with Crippen molar-refractivity contribution in [2.24, 2.45) is 0 Å². The monoisotopic (exact) mass is 522 g/mol. The molecule has 1 unspecified atom stereocenters. The summed E-state index contributed by atoms with van der Waals surface area (Å²) in [7, 11) is -3.68. The van der Waals surface area contributed by atoms with Crippen LogP contribution in [0.25, 0.3) is 0 Å². The minimum atomic E-state index is -3.68. The molecule has 3 rings (SSSR count). The van der Waals surface area contributed by atoms with Crippen molar-refractivity contribution in [3.63, 3.8) is 0 Å². The van der Waals surface area contributed by atoms with E-state index in [1.807, 2.05) is 6.07 Å². The number of rotatable bonds is 5. The Morgan fingerprint density at radius 1 is 1.26 bits per heavy atom. The van der Waals surface area contributed by atoms with Crippen molar-refractivity contribution >= 4 is 47.7 Å². The molecule has 0 radical (unpaired) electrons. The van der Waals surface area contributed by atoms with Gasteiger partial charge in [-0.3, -0.25) is 0 Å². The normalized spacial score (nSPS) is 21.9. The van der Waals surface area contributed by atoms with Crippen LogP contribution in [0.4, 0.5) is 0 Å². The first kappa shape index (κ1) is 21.0. The van der Waals surface area contributed by atoms with Crippen molar-refractivity contribution in [1.29, 1.82) is 0 Å². The Balaban J connectivity index is 1.96. The Hall–Kier alpha value is -0.740. The Labute approximate surface area is 175 Å². The summed E-state index contributed by atoms with van der Waals surface area (Å²) in [6.45, 7) is 2.66. The zero-order valence-electron chi connectivity index (χ0n) is 14.7. The first-order valence-corrected chi connectivity index (χ1v) is 11.9. The zero-order valence-corrected chi connectivity index (χ0v) is 18.7. The summed E-state index contributed by atoms with van der Waals surface area (Å²) in [5.41, 5.74) is 0.711. The van der Waals surface area contributed by atoms with Gasteiger partial charge in [-0.05, 0) is 37.1 Å². The van der Waals surface area contributed by atoms with Crippen molar-refractivity contribution in [1.82, 2.24) is 0 Å². The fourth-order valence-corrected chi connectivity index (χ4v) is 6.93. The van der Waals surface area contributed by atoms with Gasteiger partial charge in [0.2, 0.25) is 0 Å². The van der Waals surface area contributed by atoms with Crippen molar-refractivity contribution < 1.29 is 27.4 Å². The molecule has 0 bridgehead atoms. The number of sulfone groups is 1. The molecule has 1 aromatic rings. The van der Waals surface area contributed by atoms with Crippen LogP contribution in [-0.2, 0) is 34.6 Å². The molecular formula is C18H20Br2O6S. The smallest absolute Gasteiger partial charge is 0.335 e. The summed E-state index contributed by atoms with van der Waals surface area (Å²) in [5.74, 6) is -1.87. The Kier molecular flexibility index (Phi) is 6.47. The highest BCUT2D eigenvalue weighted by molar-refractivity contribution is 9.11. The lowest BCUT2D eigenvalue weighted by atomic mass is 9.94. The summed E-state index contributed by atoms with van der Waals surface area (Å²) in [4.78, 5) is 12.5. The number of esters is 1. The largest absolute Gasteiger partial charge is 0.463 e. The summed E-state index contributed by atoms with van der Waals surface area (Å²) < 4.78 is 44.2. The SMILES string of the molecule is CCOC(=O)C1=CC2(CCC1S(=O)(=O)Cc1c(Br)cccc1Br)OCCO2. The summed E-state index contributed by atoms with van der Waals surface area (Å²) >= 11 is 6.80. The Bertz CT molecular complexity index is 838. The minimum absolute atomic E-state index is 0.0909. The standard InChI is InChI=1S/C18H20Br2O6S/c1-2-24-17(21)12-10-18(25-8-9-26-18)7-6-16(12)27(22,23)11-13-14(19)4-3-5-15(13)20/h3-5,10,16H,2,6-9,11H2,1H3. The van der Waals surface area contributed by atoms with Crippen molar-refractivity contribution in [2.45, 2.75) is 36.6 Å². The third-order valence-corrected chi connectivity index (χ3v) is 8.14. The molecule has 27 heavy (non-hydrogen) atoms. The number of ether oxygens (including phenoxy) is 3. The van der Waals surface area contributed by atoms with Crippen molar-refractivity contribution in [2.75, 3.05) is 19.8 Å². The van der Waals surface area contributed by atoms with Crippen molar-refractivity contribution in [3.05, 3.63) is 44.4 Å². The molecule has 1 spiro atoms. The van der Waals surface area contributed by atoms with E-state index in [4.69, 9.17) is 14.2 Å². The lowest BCUT2D eigenvalue weighted by molar-refractivity contribution is -0.143. The van der Waals surface area contributed by atoms with Gasteiger partial charge < -0.3 is 14.2 Å². The third-order valence-electron chi connectivity index (χ3n) is 4.61. The highest BCUT2D eigenvalue weighted by Crippen LogP contribution is 2.39. The molecule has 1 aliphatic carbocycles. The van der Waals surface area contributed by atoms with Crippen molar-refractivity contribution in [3.8, 4) is 0 Å². The Morgan fingerprint density at radius 3 is 2.48 bits per heavy atom. The molecule has 2 aliphatic rings. The molecular weight excluding hydrogens is 504 g/mol.